The summed E-state index contributed by atoms with van der Waals surface area (Å²) in [6, 6.07) is 1.73. The van der Waals surface area contributed by atoms with Crippen molar-refractivity contribution in [3.63, 3.8) is 0 Å². The zero-order chi connectivity index (χ0) is 27.4. The number of pyridine rings is 1. The molecule has 0 unspecified atom stereocenters. The van der Waals surface area contributed by atoms with Crippen molar-refractivity contribution in [1.82, 2.24) is 24.3 Å². The molecule has 0 aromatic carbocycles. The van der Waals surface area contributed by atoms with Crippen molar-refractivity contribution in [1.29, 1.82) is 0 Å². The number of urea groups is 1. The molecule has 0 atom stereocenters. The number of carbonyl (C=O) groups excluding carboxylic acids is 2. The van der Waals surface area contributed by atoms with Crippen LogP contribution in [0.5, 0.6) is 0 Å². The summed E-state index contributed by atoms with van der Waals surface area (Å²) in [5.74, 6) is 1.12. The maximum Gasteiger partial charge on any atom is 0.410 e. The average molecular weight is 521 g/mol. The second-order valence-electron chi connectivity index (χ2n) is 11.7. The molecule has 3 aromatic heterocycles. The number of hydrogen-bond donors (Lipinski definition) is 1. The van der Waals surface area contributed by atoms with Gasteiger partial charge < -0.3 is 14.0 Å². The molecule has 38 heavy (non-hydrogen) atoms. The Hall–Kier alpha value is -3.89. The van der Waals surface area contributed by atoms with Crippen molar-refractivity contribution in [2.75, 3.05) is 41.3 Å². The van der Waals surface area contributed by atoms with Crippen molar-refractivity contribution in [2.45, 2.75) is 66.0 Å². The number of aromatic nitrogens is 4. The number of piperazine rings is 1. The standard InChI is InChI=1S/C27H36N8O3/c1-17-14-33-15-21(30-18(2)22(33)29-17)31-24(36)34-11-9-19-20(8-10-28-23(19)34)32-12-13-35(27(6,7)16-32)25(37)38-26(3,4)5/h8,10,14-15H,9,11-13,16H2,1-7H3,(H,31,36). The zero-order valence-electron chi connectivity index (χ0n) is 23.2. The number of aryl methyl sites for hydroxylation is 2. The van der Waals surface area contributed by atoms with Gasteiger partial charge in [0.15, 0.2) is 11.5 Å². The number of ether oxygens (including phenoxy) is 1. The third-order valence-electron chi connectivity index (χ3n) is 6.91. The molecule has 1 N–H and O–H groups in total. The van der Waals surface area contributed by atoms with Crippen LogP contribution in [0.1, 0.15) is 51.6 Å². The maximum atomic E-state index is 13.3. The average Bonchev–Trinajstić information content (AvgIpc) is 3.40. The topological polar surface area (TPSA) is 108 Å². The molecule has 11 heteroatoms. The fourth-order valence-corrected chi connectivity index (χ4v) is 5.29. The number of carbonyl (C=O) groups is 2. The first-order chi connectivity index (χ1) is 17.8. The first kappa shape index (κ1) is 25.7. The summed E-state index contributed by atoms with van der Waals surface area (Å²) < 4.78 is 7.52. The first-order valence-corrected chi connectivity index (χ1v) is 13.0. The van der Waals surface area contributed by atoms with Gasteiger partial charge in [-0.3, -0.25) is 15.1 Å². The van der Waals surface area contributed by atoms with Gasteiger partial charge in [-0.15, -0.1) is 0 Å². The third kappa shape index (κ3) is 4.84. The molecule has 11 nitrogen and oxygen atoms in total. The van der Waals surface area contributed by atoms with E-state index in [9.17, 15) is 9.59 Å². The van der Waals surface area contributed by atoms with Crippen LogP contribution in [0.25, 0.3) is 5.65 Å². The molecule has 5 rings (SSSR count). The number of rotatable bonds is 2. The van der Waals surface area contributed by atoms with Crippen LogP contribution in [0, 0.1) is 13.8 Å². The summed E-state index contributed by atoms with van der Waals surface area (Å²) in [5, 5.41) is 2.93. The number of amides is 3. The van der Waals surface area contributed by atoms with Crippen LogP contribution in [0.15, 0.2) is 24.7 Å². The number of anilines is 3. The van der Waals surface area contributed by atoms with Crippen molar-refractivity contribution < 1.29 is 14.3 Å². The smallest absolute Gasteiger partial charge is 0.410 e. The van der Waals surface area contributed by atoms with Gasteiger partial charge in [-0.05, 0) is 61.0 Å². The maximum absolute atomic E-state index is 13.3. The highest BCUT2D eigenvalue weighted by Crippen LogP contribution is 2.36. The van der Waals surface area contributed by atoms with Crippen LogP contribution in [0.3, 0.4) is 0 Å². The van der Waals surface area contributed by atoms with Crippen LogP contribution < -0.4 is 15.1 Å². The van der Waals surface area contributed by atoms with E-state index in [-0.39, 0.29) is 12.1 Å². The van der Waals surface area contributed by atoms with Crippen LogP contribution >= 0.6 is 0 Å². The van der Waals surface area contributed by atoms with Crippen LogP contribution in [-0.2, 0) is 11.2 Å². The van der Waals surface area contributed by atoms with E-state index in [0.29, 0.717) is 44.2 Å². The minimum atomic E-state index is -0.544. The van der Waals surface area contributed by atoms with E-state index in [4.69, 9.17) is 4.74 Å². The predicted octanol–water partition coefficient (Wildman–Crippen LogP) is 4.17. The van der Waals surface area contributed by atoms with Crippen LogP contribution in [0.2, 0.25) is 0 Å². The van der Waals surface area contributed by atoms with E-state index >= 15 is 0 Å². The molecule has 0 aliphatic carbocycles. The molecule has 2 aliphatic heterocycles. The van der Waals surface area contributed by atoms with Gasteiger partial charge in [0.25, 0.3) is 0 Å². The van der Waals surface area contributed by atoms with Crippen LogP contribution in [-0.4, -0.2) is 73.7 Å². The first-order valence-electron chi connectivity index (χ1n) is 13.0. The van der Waals surface area contributed by atoms with Crippen molar-refractivity contribution in [2.24, 2.45) is 0 Å². The lowest BCUT2D eigenvalue weighted by atomic mass is 9.98. The molecular weight excluding hydrogens is 484 g/mol. The van der Waals surface area contributed by atoms with E-state index in [0.717, 1.165) is 28.3 Å². The molecule has 0 saturated carbocycles. The highest BCUT2D eigenvalue weighted by atomic mass is 16.6. The lowest BCUT2D eigenvalue weighted by Crippen LogP contribution is -2.62. The Labute approximate surface area is 222 Å². The summed E-state index contributed by atoms with van der Waals surface area (Å²) in [5.41, 5.74) is 3.51. The number of hydrogen-bond acceptors (Lipinski definition) is 7. The molecule has 0 radical (unpaired) electrons. The Morgan fingerprint density at radius 3 is 2.55 bits per heavy atom. The van der Waals surface area contributed by atoms with Gasteiger partial charge in [0, 0.05) is 49.8 Å². The van der Waals surface area contributed by atoms with E-state index in [1.165, 1.54) is 0 Å². The monoisotopic (exact) mass is 520 g/mol. The summed E-state index contributed by atoms with van der Waals surface area (Å²) in [6.45, 7) is 15.9. The van der Waals surface area contributed by atoms with Gasteiger partial charge in [0.1, 0.15) is 11.4 Å². The lowest BCUT2D eigenvalue weighted by Gasteiger charge is -2.48. The van der Waals surface area contributed by atoms with E-state index < -0.39 is 11.1 Å². The van der Waals surface area contributed by atoms with E-state index in [1.807, 2.05) is 56.2 Å². The molecule has 3 aromatic rings. The van der Waals surface area contributed by atoms with Gasteiger partial charge in [-0.1, -0.05) is 0 Å². The summed E-state index contributed by atoms with van der Waals surface area (Å²) in [6.07, 6.45) is 5.83. The molecule has 3 amide bonds. The molecule has 0 spiro atoms. The predicted molar refractivity (Wildman–Crippen MR) is 146 cm³/mol. The Bertz CT molecular complexity index is 1410. The second kappa shape index (κ2) is 9.14. The molecule has 5 heterocycles. The summed E-state index contributed by atoms with van der Waals surface area (Å²) >= 11 is 0. The molecular formula is C27H36N8O3. The number of imidazole rings is 1. The normalized spacial score (nSPS) is 17.1. The van der Waals surface area contributed by atoms with E-state index in [2.05, 4.69) is 39.0 Å². The van der Waals surface area contributed by atoms with Gasteiger partial charge in [-0.25, -0.2) is 24.5 Å². The number of nitrogens with one attached hydrogen (secondary N) is 1. The summed E-state index contributed by atoms with van der Waals surface area (Å²) in [7, 11) is 0. The Kier molecular flexibility index (Phi) is 6.19. The summed E-state index contributed by atoms with van der Waals surface area (Å²) in [4.78, 5) is 45.4. The highest BCUT2D eigenvalue weighted by Gasteiger charge is 2.40. The van der Waals surface area contributed by atoms with Crippen molar-refractivity contribution in [3.8, 4) is 0 Å². The molecule has 1 fully saturated rings. The second-order valence-corrected chi connectivity index (χ2v) is 11.7. The SMILES string of the molecule is Cc1cn2cc(NC(=O)N3CCc4c(N5CCN(C(=O)OC(C)(C)C)C(C)(C)C5)ccnc43)nc(C)c2n1. The van der Waals surface area contributed by atoms with Crippen molar-refractivity contribution >= 4 is 35.1 Å². The van der Waals surface area contributed by atoms with Crippen LogP contribution in [0.4, 0.5) is 26.9 Å². The Morgan fingerprint density at radius 1 is 1.08 bits per heavy atom. The highest BCUT2D eigenvalue weighted by molar-refractivity contribution is 6.02. The molecule has 1 saturated heterocycles. The van der Waals surface area contributed by atoms with Gasteiger partial charge in [0.2, 0.25) is 0 Å². The fourth-order valence-electron chi connectivity index (χ4n) is 5.29. The minimum absolute atomic E-state index is 0.272. The quantitative estimate of drug-likeness (QED) is 0.540. The molecule has 202 valence electrons. The minimum Gasteiger partial charge on any atom is -0.444 e. The fraction of sp³-hybridized carbons (Fsp3) is 0.519. The largest absolute Gasteiger partial charge is 0.444 e. The van der Waals surface area contributed by atoms with E-state index in [1.54, 1.807) is 17.3 Å². The number of fused-ring (bicyclic) bond motifs is 2. The zero-order valence-corrected chi connectivity index (χ0v) is 23.2. The van der Waals surface area contributed by atoms with Gasteiger partial charge >= 0.3 is 12.1 Å². The lowest BCUT2D eigenvalue weighted by molar-refractivity contribution is 0.000363. The Morgan fingerprint density at radius 2 is 1.84 bits per heavy atom. The Balaban J connectivity index is 1.33. The number of nitrogens with zero attached hydrogens (tertiary/aromatic N) is 7. The molecule has 0 bridgehead atoms. The third-order valence-corrected chi connectivity index (χ3v) is 6.91. The van der Waals surface area contributed by atoms with Gasteiger partial charge in [0.05, 0.1) is 23.1 Å². The van der Waals surface area contributed by atoms with Crippen molar-refractivity contribution in [3.05, 3.63) is 41.6 Å². The molecule has 2 aliphatic rings. The van der Waals surface area contributed by atoms with Gasteiger partial charge in [-0.2, -0.15) is 0 Å².